The topological polar surface area (TPSA) is 66.8 Å². The minimum Gasteiger partial charge on any atom is -0.490 e. The molecule has 0 bridgehead atoms. The molecule has 0 aliphatic carbocycles. The molecule has 0 radical (unpaired) electrons. The van der Waals surface area contributed by atoms with Crippen molar-refractivity contribution < 1.29 is 28.2 Å². The number of halogens is 2. The number of nitrogens with zero attached hydrogens (tertiary/aromatic N) is 1. The maximum Gasteiger partial charge on any atom is 0.307 e. The SMILES string of the molecule is Cc1ccc(C(=O)N2Cc3c(C)c(CC(=O)O)c(-c4cc(F)c5c(c4C)CCCO5)c(C)c3C2)cc1F. The van der Waals surface area contributed by atoms with Gasteiger partial charge in [-0.1, -0.05) is 6.07 Å². The van der Waals surface area contributed by atoms with Gasteiger partial charge in [0.2, 0.25) is 0 Å². The smallest absolute Gasteiger partial charge is 0.307 e. The summed E-state index contributed by atoms with van der Waals surface area (Å²) >= 11 is 0. The minimum absolute atomic E-state index is 0.221. The lowest BCUT2D eigenvalue weighted by Gasteiger charge is -2.25. The molecule has 2 aliphatic rings. The first-order valence-corrected chi connectivity index (χ1v) is 12.4. The average molecular weight is 506 g/mol. The highest BCUT2D eigenvalue weighted by Crippen LogP contribution is 2.44. The van der Waals surface area contributed by atoms with Crippen molar-refractivity contribution in [1.29, 1.82) is 0 Å². The molecule has 3 aromatic rings. The van der Waals surface area contributed by atoms with Gasteiger partial charge >= 0.3 is 5.97 Å². The van der Waals surface area contributed by atoms with Crippen LogP contribution in [0.3, 0.4) is 0 Å². The molecular weight excluding hydrogens is 476 g/mol. The summed E-state index contributed by atoms with van der Waals surface area (Å²) in [6.45, 7) is 8.43. The molecular formula is C30H29F2NO4. The van der Waals surface area contributed by atoms with Crippen molar-refractivity contribution in [3.63, 3.8) is 0 Å². The molecule has 5 rings (SSSR count). The monoisotopic (exact) mass is 505 g/mol. The van der Waals surface area contributed by atoms with Crippen molar-refractivity contribution in [1.82, 2.24) is 4.90 Å². The van der Waals surface area contributed by atoms with Crippen LogP contribution in [0, 0.1) is 39.3 Å². The molecule has 0 saturated carbocycles. The summed E-state index contributed by atoms with van der Waals surface area (Å²) in [6.07, 6.45) is 1.26. The predicted octanol–water partition coefficient (Wildman–Crippen LogP) is 5.97. The molecule has 1 amide bonds. The number of benzene rings is 3. The van der Waals surface area contributed by atoms with Crippen LogP contribution in [0.1, 0.15) is 61.3 Å². The van der Waals surface area contributed by atoms with E-state index in [1.165, 1.54) is 12.1 Å². The molecule has 0 unspecified atom stereocenters. The van der Waals surface area contributed by atoms with E-state index >= 15 is 4.39 Å². The van der Waals surface area contributed by atoms with E-state index in [2.05, 4.69) is 0 Å². The Hall–Kier alpha value is -3.74. The van der Waals surface area contributed by atoms with E-state index in [9.17, 15) is 19.1 Å². The van der Waals surface area contributed by atoms with E-state index in [1.807, 2.05) is 20.8 Å². The minimum atomic E-state index is -0.982. The highest BCUT2D eigenvalue weighted by Gasteiger charge is 2.32. The number of amides is 1. The molecule has 37 heavy (non-hydrogen) atoms. The van der Waals surface area contributed by atoms with Gasteiger partial charge in [-0.25, -0.2) is 8.78 Å². The largest absolute Gasteiger partial charge is 0.490 e. The summed E-state index contributed by atoms with van der Waals surface area (Å²) < 4.78 is 35.0. The second-order valence-corrected chi connectivity index (χ2v) is 10.0. The van der Waals surface area contributed by atoms with Gasteiger partial charge in [-0.3, -0.25) is 9.59 Å². The first-order chi connectivity index (χ1) is 17.6. The zero-order chi connectivity index (χ0) is 26.6. The highest BCUT2D eigenvalue weighted by molar-refractivity contribution is 5.95. The van der Waals surface area contributed by atoms with Gasteiger partial charge in [0.25, 0.3) is 5.91 Å². The second kappa shape index (κ2) is 9.29. The van der Waals surface area contributed by atoms with Gasteiger partial charge in [-0.15, -0.1) is 0 Å². The third kappa shape index (κ3) is 4.16. The van der Waals surface area contributed by atoms with Crippen LogP contribution >= 0.6 is 0 Å². The fraction of sp³-hybridized carbons (Fsp3) is 0.333. The fourth-order valence-corrected chi connectivity index (χ4v) is 5.77. The Morgan fingerprint density at radius 3 is 2.32 bits per heavy atom. The van der Waals surface area contributed by atoms with Gasteiger partial charge in [-0.05, 0) is 109 Å². The number of hydrogen-bond acceptors (Lipinski definition) is 3. The normalized spacial score (nSPS) is 14.3. The molecule has 3 aromatic carbocycles. The summed E-state index contributed by atoms with van der Waals surface area (Å²) in [7, 11) is 0. The first kappa shape index (κ1) is 24.9. The van der Waals surface area contributed by atoms with E-state index in [0.29, 0.717) is 48.4 Å². The Labute approximate surface area is 214 Å². The number of carboxylic acid groups (broad SMARTS) is 1. The first-order valence-electron chi connectivity index (χ1n) is 12.4. The maximum absolute atomic E-state index is 15.2. The van der Waals surface area contributed by atoms with Crippen LogP contribution in [0.25, 0.3) is 11.1 Å². The summed E-state index contributed by atoms with van der Waals surface area (Å²) in [5.74, 6) is -1.88. The standard InChI is InChI=1S/C30H29F2NO4/c1-15-7-8-19(10-25(15)31)30(36)33-13-23-17(3)22(12-27(34)35)28(18(4)24(23)14-33)21-11-26(32)29-20(16(21)2)6-5-9-37-29/h7-8,10-11H,5-6,9,12-14H2,1-4H3,(H,34,35). The van der Waals surface area contributed by atoms with Crippen molar-refractivity contribution in [2.75, 3.05) is 6.61 Å². The lowest BCUT2D eigenvalue weighted by Crippen LogP contribution is -2.25. The summed E-state index contributed by atoms with van der Waals surface area (Å²) in [5, 5.41) is 9.76. The molecule has 0 atom stereocenters. The van der Waals surface area contributed by atoms with Crippen LogP contribution in [0.5, 0.6) is 5.75 Å². The van der Waals surface area contributed by atoms with Crippen molar-refractivity contribution in [2.24, 2.45) is 0 Å². The zero-order valence-corrected chi connectivity index (χ0v) is 21.4. The highest BCUT2D eigenvalue weighted by atomic mass is 19.1. The van der Waals surface area contributed by atoms with Gasteiger partial charge in [-0.2, -0.15) is 0 Å². The number of aryl methyl sites for hydroxylation is 1. The van der Waals surface area contributed by atoms with Gasteiger partial charge in [0.15, 0.2) is 11.6 Å². The average Bonchev–Trinajstić information content (AvgIpc) is 3.32. The van der Waals surface area contributed by atoms with Crippen molar-refractivity contribution in [3.05, 3.63) is 86.0 Å². The van der Waals surface area contributed by atoms with Crippen LogP contribution in [0.15, 0.2) is 24.3 Å². The van der Waals surface area contributed by atoms with Gasteiger partial charge < -0.3 is 14.7 Å². The van der Waals surface area contributed by atoms with Crippen LogP contribution in [0.4, 0.5) is 8.78 Å². The number of aliphatic carboxylic acids is 1. The molecule has 0 saturated heterocycles. The molecule has 0 spiro atoms. The Morgan fingerprint density at radius 2 is 1.65 bits per heavy atom. The Kier molecular flexibility index (Phi) is 6.26. The van der Waals surface area contributed by atoms with Crippen molar-refractivity contribution in [3.8, 4) is 16.9 Å². The van der Waals surface area contributed by atoms with Crippen LogP contribution < -0.4 is 4.74 Å². The number of carbonyl (C=O) groups excluding carboxylic acids is 1. The molecule has 2 aliphatic heterocycles. The lowest BCUT2D eigenvalue weighted by atomic mass is 9.81. The fourth-order valence-electron chi connectivity index (χ4n) is 5.77. The van der Waals surface area contributed by atoms with E-state index in [1.54, 1.807) is 24.0 Å². The number of hydrogen-bond donors (Lipinski definition) is 1. The molecule has 5 nitrogen and oxygen atoms in total. The Balaban J connectivity index is 1.65. The van der Waals surface area contributed by atoms with Gasteiger partial charge in [0.05, 0.1) is 13.0 Å². The van der Waals surface area contributed by atoms with Crippen molar-refractivity contribution in [2.45, 2.75) is 60.0 Å². The Bertz CT molecular complexity index is 1480. The third-order valence-electron chi connectivity index (χ3n) is 7.84. The van der Waals surface area contributed by atoms with Gasteiger partial charge in [0.1, 0.15) is 5.82 Å². The summed E-state index contributed by atoms with van der Waals surface area (Å²) in [4.78, 5) is 26.9. The number of fused-ring (bicyclic) bond motifs is 2. The number of carboxylic acids is 1. The van der Waals surface area contributed by atoms with Crippen LogP contribution in [0.2, 0.25) is 0 Å². The van der Waals surface area contributed by atoms with Gasteiger partial charge in [0, 0.05) is 24.2 Å². The van der Waals surface area contributed by atoms with E-state index in [-0.39, 0.29) is 23.6 Å². The van der Waals surface area contributed by atoms with E-state index < -0.39 is 17.6 Å². The lowest BCUT2D eigenvalue weighted by molar-refractivity contribution is -0.136. The van der Waals surface area contributed by atoms with E-state index in [0.717, 1.165) is 39.8 Å². The number of rotatable bonds is 4. The maximum atomic E-state index is 15.2. The summed E-state index contributed by atoms with van der Waals surface area (Å²) in [6, 6.07) is 5.91. The molecule has 192 valence electrons. The Morgan fingerprint density at radius 1 is 0.946 bits per heavy atom. The molecule has 7 heteroatoms. The molecule has 1 N–H and O–H groups in total. The molecule has 0 aromatic heterocycles. The van der Waals surface area contributed by atoms with E-state index in [4.69, 9.17) is 4.74 Å². The third-order valence-corrected chi connectivity index (χ3v) is 7.84. The number of ether oxygens (including phenoxy) is 1. The molecule has 2 heterocycles. The zero-order valence-electron chi connectivity index (χ0n) is 21.4. The van der Waals surface area contributed by atoms with Crippen LogP contribution in [-0.2, 0) is 30.7 Å². The predicted molar refractivity (Wildman–Crippen MR) is 136 cm³/mol. The molecule has 0 fully saturated rings. The summed E-state index contributed by atoms with van der Waals surface area (Å²) in [5.41, 5.74) is 7.88. The number of carbonyl (C=O) groups is 2. The van der Waals surface area contributed by atoms with Crippen LogP contribution in [-0.4, -0.2) is 28.5 Å². The second-order valence-electron chi connectivity index (χ2n) is 10.0. The van der Waals surface area contributed by atoms with Crippen molar-refractivity contribution >= 4 is 11.9 Å². The quantitative estimate of drug-likeness (QED) is 0.474.